The van der Waals surface area contributed by atoms with Crippen LogP contribution in [0.25, 0.3) is 0 Å². The van der Waals surface area contributed by atoms with E-state index in [4.69, 9.17) is 0 Å². The van der Waals surface area contributed by atoms with E-state index in [0.717, 1.165) is 12.5 Å². The minimum atomic E-state index is 0.618. The monoisotopic (exact) mass is 142 g/mol. The molecule has 1 heterocycles. The van der Waals surface area contributed by atoms with Crippen LogP contribution in [0.5, 0.6) is 0 Å². The van der Waals surface area contributed by atoms with E-state index in [1.54, 1.807) is 0 Å². The maximum absolute atomic E-state index is 3.53. The van der Waals surface area contributed by atoms with Gasteiger partial charge in [-0.05, 0) is 12.5 Å². The van der Waals surface area contributed by atoms with E-state index in [0.29, 0.717) is 12.1 Å². The molecule has 0 radical (unpaired) electrons. The molecular weight excluding hydrogens is 124 g/mol. The Hall–Kier alpha value is -0.0800. The van der Waals surface area contributed by atoms with E-state index >= 15 is 0 Å². The molecule has 2 nitrogen and oxygen atoms in total. The minimum Gasteiger partial charge on any atom is -0.315 e. The second-order valence-electron chi connectivity index (χ2n) is 3.56. The largest absolute Gasteiger partial charge is 0.315 e. The van der Waals surface area contributed by atoms with Crippen molar-refractivity contribution in [3.8, 4) is 0 Å². The second kappa shape index (κ2) is 3.35. The van der Waals surface area contributed by atoms with E-state index in [9.17, 15) is 0 Å². The molecule has 0 aromatic rings. The van der Waals surface area contributed by atoms with Gasteiger partial charge >= 0.3 is 0 Å². The van der Waals surface area contributed by atoms with Gasteiger partial charge in [0.2, 0.25) is 0 Å². The molecule has 10 heavy (non-hydrogen) atoms. The van der Waals surface area contributed by atoms with Gasteiger partial charge < -0.3 is 10.6 Å². The molecule has 1 aliphatic rings. The predicted octanol–water partition coefficient (Wildman–Crippen LogP) is 0.592. The molecule has 1 aliphatic heterocycles. The summed E-state index contributed by atoms with van der Waals surface area (Å²) in [5, 5.41) is 6.89. The van der Waals surface area contributed by atoms with Crippen LogP contribution in [-0.2, 0) is 0 Å². The Labute approximate surface area is 63.4 Å². The highest BCUT2D eigenvalue weighted by atomic mass is 15.0. The van der Waals surface area contributed by atoms with Crippen LogP contribution in [0.2, 0.25) is 0 Å². The van der Waals surface area contributed by atoms with Crippen molar-refractivity contribution in [2.45, 2.75) is 32.9 Å². The van der Waals surface area contributed by atoms with Gasteiger partial charge in [0.25, 0.3) is 0 Å². The number of hydrogen-bond acceptors (Lipinski definition) is 2. The first-order valence-corrected chi connectivity index (χ1v) is 4.17. The summed E-state index contributed by atoms with van der Waals surface area (Å²) in [6, 6.07) is 1.31. The minimum absolute atomic E-state index is 0.618. The van der Waals surface area contributed by atoms with Gasteiger partial charge in [0.05, 0.1) is 0 Å². The molecule has 0 aromatic carbocycles. The van der Waals surface area contributed by atoms with Crippen molar-refractivity contribution < 1.29 is 0 Å². The van der Waals surface area contributed by atoms with Crippen LogP contribution in [0, 0.1) is 5.92 Å². The smallest absolute Gasteiger partial charge is 0.0232 e. The summed E-state index contributed by atoms with van der Waals surface area (Å²) in [6.07, 6.45) is 0. The molecular formula is C8H18N2. The lowest BCUT2D eigenvalue weighted by Gasteiger charge is -2.18. The maximum Gasteiger partial charge on any atom is 0.0232 e. The third kappa shape index (κ3) is 1.96. The molecule has 0 saturated carbocycles. The molecule has 2 atom stereocenters. The van der Waals surface area contributed by atoms with Crippen LogP contribution in [-0.4, -0.2) is 25.2 Å². The van der Waals surface area contributed by atoms with Crippen LogP contribution in [0.3, 0.4) is 0 Å². The molecule has 60 valence electrons. The zero-order valence-corrected chi connectivity index (χ0v) is 7.15. The molecule has 0 bridgehead atoms. The summed E-state index contributed by atoms with van der Waals surface area (Å²) >= 11 is 0. The summed E-state index contributed by atoms with van der Waals surface area (Å²) in [5.74, 6) is 0.794. The SMILES string of the molecule is CC(C)N[C@@H]1CNC[C@@H]1C. The number of hydrogen-bond donors (Lipinski definition) is 2. The molecule has 1 rings (SSSR count). The summed E-state index contributed by atoms with van der Waals surface area (Å²) < 4.78 is 0. The molecule has 0 aromatic heterocycles. The van der Waals surface area contributed by atoms with Gasteiger partial charge in [-0.15, -0.1) is 0 Å². The lowest BCUT2D eigenvalue weighted by atomic mass is 10.1. The first kappa shape index (κ1) is 8.02. The van der Waals surface area contributed by atoms with Crippen molar-refractivity contribution in [1.29, 1.82) is 0 Å². The Bertz CT molecular complexity index is 101. The average molecular weight is 142 g/mol. The summed E-state index contributed by atoms with van der Waals surface area (Å²) in [4.78, 5) is 0. The standard InChI is InChI=1S/C8H18N2/c1-6(2)10-8-5-9-4-7(8)3/h6-10H,4-5H2,1-3H3/t7-,8+/m0/s1. The summed E-state index contributed by atoms with van der Waals surface area (Å²) in [5.41, 5.74) is 0. The van der Waals surface area contributed by atoms with Crippen LogP contribution in [0.1, 0.15) is 20.8 Å². The van der Waals surface area contributed by atoms with E-state index in [-0.39, 0.29) is 0 Å². The first-order chi connectivity index (χ1) is 4.70. The normalized spacial score (nSPS) is 33.6. The molecule has 1 saturated heterocycles. The molecule has 0 unspecified atom stereocenters. The fourth-order valence-electron chi connectivity index (χ4n) is 1.46. The van der Waals surface area contributed by atoms with Crippen LogP contribution in [0.4, 0.5) is 0 Å². The zero-order valence-electron chi connectivity index (χ0n) is 7.15. The summed E-state index contributed by atoms with van der Waals surface area (Å²) in [7, 11) is 0. The van der Waals surface area contributed by atoms with Gasteiger partial charge in [-0.2, -0.15) is 0 Å². The zero-order chi connectivity index (χ0) is 7.56. The quantitative estimate of drug-likeness (QED) is 0.590. The van der Waals surface area contributed by atoms with Crippen LogP contribution in [0.15, 0.2) is 0 Å². The van der Waals surface area contributed by atoms with Gasteiger partial charge in [0.15, 0.2) is 0 Å². The van der Waals surface area contributed by atoms with Gasteiger partial charge in [0, 0.05) is 18.6 Å². The average Bonchev–Trinajstić information content (AvgIpc) is 2.15. The molecule has 1 fully saturated rings. The van der Waals surface area contributed by atoms with E-state index in [1.807, 2.05) is 0 Å². The van der Waals surface area contributed by atoms with Gasteiger partial charge in [-0.25, -0.2) is 0 Å². The lowest BCUT2D eigenvalue weighted by Crippen LogP contribution is -2.39. The Morgan fingerprint density at radius 3 is 2.50 bits per heavy atom. The van der Waals surface area contributed by atoms with Crippen molar-refractivity contribution in [2.75, 3.05) is 13.1 Å². The Morgan fingerprint density at radius 1 is 1.40 bits per heavy atom. The van der Waals surface area contributed by atoms with Crippen molar-refractivity contribution in [3.05, 3.63) is 0 Å². The molecule has 2 N–H and O–H groups in total. The van der Waals surface area contributed by atoms with E-state index in [1.165, 1.54) is 6.54 Å². The van der Waals surface area contributed by atoms with Crippen LogP contribution >= 0.6 is 0 Å². The molecule has 2 heteroatoms. The topological polar surface area (TPSA) is 24.1 Å². The summed E-state index contributed by atoms with van der Waals surface area (Å²) in [6.45, 7) is 9.00. The fraction of sp³-hybridized carbons (Fsp3) is 1.00. The van der Waals surface area contributed by atoms with Crippen molar-refractivity contribution >= 4 is 0 Å². The van der Waals surface area contributed by atoms with Crippen LogP contribution < -0.4 is 10.6 Å². The predicted molar refractivity (Wildman–Crippen MR) is 44.1 cm³/mol. The number of rotatable bonds is 2. The Kier molecular flexibility index (Phi) is 2.69. The van der Waals surface area contributed by atoms with Gasteiger partial charge in [-0.1, -0.05) is 20.8 Å². The first-order valence-electron chi connectivity index (χ1n) is 4.17. The fourth-order valence-corrected chi connectivity index (χ4v) is 1.46. The highest BCUT2D eigenvalue weighted by molar-refractivity contribution is 4.84. The van der Waals surface area contributed by atoms with Crippen molar-refractivity contribution in [1.82, 2.24) is 10.6 Å². The second-order valence-corrected chi connectivity index (χ2v) is 3.56. The molecule has 0 spiro atoms. The van der Waals surface area contributed by atoms with Crippen molar-refractivity contribution in [2.24, 2.45) is 5.92 Å². The van der Waals surface area contributed by atoms with E-state index in [2.05, 4.69) is 31.4 Å². The Morgan fingerprint density at radius 2 is 2.10 bits per heavy atom. The third-order valence-corrected chi connectivity index (χ3v) is 2.06. The Balaban J connectivity index is 2.26. The van der Waals surface area contributed by atoms with Crippen molar-refractivity contribution in [3.63, 3.8) is 0 Å². The van der Waals surface area contributed by atoms with E-state index < -0.39 is 0 Å². The highest BCUT2D eigenvalue weighted by Crippen LogP contribution is 2.07. The lowest BCUT2D eigenvalue weighted by molar-refractivity contribution is 0.418. The third-order valence-electron chi connectivity index (χ3n) is 2.06. The van der Waals surface area contributed by atoms with Gasteiger partial charge in [0.1, 0.15) is 0 Å². The molecule has 0 aliphatic carbocycles. The molecule has 0 amide bonds. The maximum atomic E-state index is 3.53. The number of nitrogens with one attached hydrogen (secondary N) is 2. The highest BCUT2D eigenvalue weighted by Gasteiger charge is 2.22. The van der Waals surface area contributed by atoms with Gasteiger partial charge in [-0.3, -0.25) is 0 Å².